The minimum absolute atomic E-state index is 0.952. The van der Waals surface area contributed by atoms with Crippen LogP contribution in [-0.4, -0.2) is 48.4 Å². The minimum atomic E-state index is 0.952. The third-order valence-electron chi connectivity index (χ3n) is 3.70. The van der Waals surface area contributed by atoms with Crippen LogP contribution < -0.4 is 4.90 Å². The second kappa shape index (κ2) is 5.24. The summed E-state index contributed by atoms with van der Waals surface area (Å²) in [5.41, 5.74) is 2.59. The molecule has 1 fully saturated rings. The zero-order chi connectivity index (χ0) is 12.4. The van der Waals surface area contributed by atoms with Crippen molar-refractivity contribution in [2.24, 2.45) is 0 Å². The highest BCUT2D eigenvalue weighted by Crippen LogP contribution is 2.26. The zero-order valence-corrected chi connectivity index (χ0v) is 11.4. The number of aromatic amines is 1. The van der Waals surface area contributed by atoms with Crippen LogP contribution in [0.5, 0.6) is 0 Å². The van der Waals surface area contributed by atoms with Gasteiger partial charge in [0.15, 0.2) is 0 Å². The Labute approximate surface area is 113 Å². The van der Waals surface area contributed by atoms with Crippen molar-refractivity contribution < 1.29 is 0 Å². The first-order chi connectivity index (χ1) is 8.88. The van der Waals surface area contributed by atoms with E-state index in [2.05, 4.69) is 51.7 Å². The summed E-state index contributed by atoms with van der Waals surface area (Å²) in [4.78, 5) is 8.26. The van der Waals surface area contributed by atoms with Gasteiger partial charge in [-0.05, 0) is 18.2 Å². The normalized spacial score (nSPS) is 17.5. The van der Waals surface area contributed by atoms with Gasteiger partial charge in [-0.15, -0.1) is 0 Å². The van der Waals surface area contributed by atoms with Crippen LogP contribution in [0.25, 0.3) is 10.9 Å². The summed E-state index contributed by atoms with van der Waals surface area (Å²) < 4.78 is 0. The van der Waals surface area contributed by atoms with E-state index in [9.17, 15) is 0 Å². The van der Waals surface area contributed by atoms with Gasteiger partial charge in [0.25, 0.3) is 0 Å². The van der Waals surface area contributed by atoms with Crippen LogP contribution in [0, 0.1) is 0 Å². The summed E-state index contributed by atoms with van der Waals surface area (Å²) in [5.74, 6) is 0.952. The Kier molecular flexibility index (Phi) is 3.48. The number of hydrogen-bond donors (Lipinski definition) is 2. The molecule has 0 radical (unpaired) electrons. The molecule has 0 bridgehead atoms. The van der Waals surface area contributed by atoms with E-state index in [1.54, 1.807) is 0 Å². The number of piperazine rings is 1. The number of benzene rings is 1. The van der Waals surface area contributed by atoms with Crippen LogP contribution in [0.3, 0.4) is 0 Å². The van der Waals surface area contributed by atoms with Crippen LogP contribution in [-0.2, 0) is 0 Å². The highest BCUT2D eigenvalue weighted by Gasteiger charge is 2.17. The molecule has 4 heteroatoms. The van der Waals surface area contributed by atoms with Gasteiger partial charge >= 0.3 is 0 Å². The first kappa shape index (κ1) is 11.9. The Bertz CT molecular complexity index is 514. The van der Waals surface area contributed by atoms with Gasteiger partial charge in [-0.2, -0.15) is 12.6 Å². The number of thiol groups is 1. The molecule has 0 saturated carbocycles. The molecule has 0 spiro atoms. The molecular formula is C14H19N3S. The Balaban J connectivity index is 1.78. The van der Waals surface area contributed by atoms with Crippen molar-refractivity contribution in [2.75, 3.05) is 43.4 Å². The van der Waals surface area contributed by atoms with E-state index in [1.807, 2.05) is 6.20 Å². The van der Waals surface area contributed by atoms with Crippen molar-refractivity contribution in [1.82, 2.24) is 9.88 Å². The van der Waals surface area contributed by atoms with Gasteiger partial charge in [0.1, 0.15) is 0 Å². The Morgan fingerprint density at radius 3 is 2.72 bits per heavy atom. The van der Waals surface area contributed by atoms with Crippen molar-refractivity contribution in [3.05, 3.63) is 30.5 Å². The van der Waals surface area contributed by atoms with Gasteiger partial charge in [0, 0.05) is 61.3 Å². The summed E-state index contributed by atoms with van der Waals surface area (Å²) >= 11 is 4.30. The Morgan fingerprint density at radius 1 is 1.11 bits per heavy atom. The van der Waals surface area contributed by atoms with Crippen LogP contribution in [0.4, 0.5) is 5.69 Å². The van der Waals surface area contributed by atoms with E-state index in [0.29, 0.717) is 0 Å². The SMILES string of the molecule is SCCN1CCN(c2cccc3[nH]ccc23)CC1. The fourth-order valence-corrected chi connectivity index (χ4v) is 2.98. The summed E-state index contributed by atoms with van der Waals surface area (Å²) in [5, 5.41) is 1.33. The molecule has 1 N–H and O–H groups in total. The summed E-state index contributed by atoms with van der Waals surface area (Å²) in [6.07, 6.45) is 2.02. The summed E-state index contributed by atoms with van der Waals surface area (Å²) in [7, 11) is 0. The van der Waals surface area contributed by atoms with E-state index in [4.69, 9.17) is 0 Å². The molecule has 0 unspecified atom stereocenters. The van der Waals surface area contributed by atoms with Crippen molar-refractivity contribution in [3.8, 4) is 0 Å². The molecule has 1 aliphatic rings. The monoisotopic (exact) mass is 261 g/mol. The number of nitrogens with one attached hydrogen (secondary N) is 1. The van der Waals surface area contributed by atoms with Crippen LogP contribution in [0.15, 0.2) is 30.5 Å². The number of nitrogens with zero attached hydrogens (tertiary/aromatic N) is 2. The fourth-order valence-electron chi connectivity index (χ4n) is 2.70. The average molecular weight is 261 g/mol. The molecule has 3 rings (SSSR count). The molecule has 0 aliphatic carbocycles. The molecule has 3 nitrogen and oxygen atoms in total. The molecule has 2 aromatic rings. The zero-order valence-electron chi connectivity index (χ0n) is 10.5. The van der Waals surface area contributed by atoms with E-state index < -0.39 is 0 Å². The molecule has 1 aromatic carbocycles. The average Bonchev–Trinajstić information content (AvgIpc) is 2.88. The first-order valence-electron chi connectivity index (χ1n) is 6.53. The largest absolute Gasteiger partial charge is 0.368 e. The summed E-state index contributed by atoms with van der Waals surface area (Å²) in [6.45, 7) is 5.60. The van der Waals surface area contributed by atoms with Crippen molar-refractivity contribution >= 4 is 29.2 Å². The van der Waals surface area contributed by atoms with Crippen molar-refractivity contribution in [1.29, 1.82) is 0 Å². The summed E-state index contributed by atoms with van der Waals surface area (Å²) in [6, 6.07) is 8.67. The van der Waals surface area contributed by atoms with E-state index in [-0.39, 0.29) is 0 Å². The fraction of sp³-hybridized carbons (Fsp3) is 0.429. The molecular weight excluding hydrogens is 242 g/mol. The molecule has 18 heavy (non-hydrogen) atoms. The molecule has 1 saturated heterocycles. The molecule has 1 aromatic heterocycles. The number of rotatable bonds is 3. The van der Waals surface area contributed by atoms with E-state index >= 15 is 0 Å². The lowest BCUT2D eigenvalue weighted by Crippen LogP contribution is -2.47. The lowest BCUT2D eigenvalue weighted by atomic mass is 10.2. The molecule has 1 aliphatic heterocycles. The molecule has 2 heterocycles. The van der Waals surface area contributed by atoms with Crippen LogP contribution in [0.2, 0.25) is 0 Å². The quantitative estimate of drug-likeness (QED) is 0.827. The van der Waals surface area contributed by atoms with E-state index in [1.165, 1.54) is 16.6 Å². The highest BCUT2D eigenvalue weighted by atomic mass is 32.1. The number of aromatic nitrogens is 1. The number of fused-ring (bicyclic) bond motifs is 1. The van der Waals surface area contributed by atoms with Gasteiger partial charge in [0.05, 0.1) is 0 Å². The third-order valence-corrected chi connectivity index (χ3v) is 3.90. The Morgan fingerprint density at radius 2 is 1.94 bits per heavy atom. The Hall–Kier alpha value is -1.13. The maximum absolute atomic E-state index is 4.30. The van der Waals surface area contributed by atoms with Crippen molar-refractivity contribution in [3.63, 3.8) is 0 Å². The number of hydrogen-bond acceptors (Lipinski definition) is 3. The lowest BCUT2D eigenvalue weighted by Gasteiger charge is -2.36. The standard InChI is InChI=1S/C14H19N3S/c18-11-10-16-6-8-17(9-7-16)14-3-1-2-13-12(14)4-5-15-13/h1-5,15,18H,6-11H2. The molecule has 96 valence electrons. The van der Waals surface area contributed by atoms with Crippen LogP contribution >= 0.6 is 12.6 Å². The van der Waals surface area contributed by atoms with Crippen molar-refractivity contribution in [2.45, 2.75) is 0 Å². The number of H-pyrrole nitrogens is 1. The maximum atomic E-state index is 4.30. The van der Waals surface area contributed by atoms with Gasteiger partial charge in [-0.3, -0.25) is 4.90 Å². The lowest BCUT2D eigenvalue weighted by molar-refractivity contribution is 0.274. The molecule has 0 amide bonds. The number of anilines is 1. The smallest absolute Gasteiger partial charge is 0.0474 e. The maximum Gasteiger partial charge on any atom is 0.0474 e. The van der Waals surface area contributed by atoms with Gasteiger partial charge < -0.3 is 9.88 Å². The van der Waals surface area contributed by atoms with Gasteiger partial charge in [0.2, 0.25) is 0 Å². The second-order valence-electron chi connectivity index (χ2n) is 4.77. The first-order valence-corrected chi connectivity index (χ1v) is 7.16. The highest BCUT2D eigenvalue weighted by molar-refractivity contribution is 7.80. The third kappa shape index (κ3) is 2.22. The van der Waals surface area contributed by atoms with E-state index in [0.717, 1.165) is 38.5 Å². The van der Waals surface area contributed by atoms with Crippen LogP contribution in [0.1, 0.15) is 0 Å². The predicted octanol–water partition coefficient (Wildman–Crippen LogP) is 2.22. The minimum Gasteiger partial charge on any atom is -0.368 e. The second-order valence-corrected chi connectivity index (χ2v) is 5.22. The van der Waals surface area contributed by atoms with Gasteiger partial charge in [-0.1, -0.05) is 6.07 Å². The topological polar surface area (TPSA) is 22.3 Å². The molecule has 0 atom stereocenters. The predicted molar refractivity (Wildman–Crippen MR) is 80.8 cm³/mol. The van der Waals surface area contributed by atoms with Gasteiger partial charge in [-0.25, -0.2) is 0 Å².